The highest BCUT2D eigenvalue weighted by Gasteiger charge is 2.39. The summed E-state index contributed by atoms with van der Waals surface area (Å²) in [6, 6.07) is 13.2. The van der Waals surface area contributed by atoms with Crippen LogP contribution in [0.15, 0.2) is 42.6 Å². The van der Waals surface area contributed by atoms with Crippen molar-refractivity contribution in [1.29, 1.82) is 0 Å². The lowest BCUT2D eigenvalue weighted by Gasteiger charge is -2.30. The van der Waals surface area contributed by atoms with Crippen LogP contribution < -0.4 is 10.6 Å². The predicted octanol–water partition coefficient (Wildman–Crippen LogP) is 4.53. The van der Waals surface area contributed by atoms with Crippen molar-refractivity contribution in [2.24, 2.45) is 5.92 Å². The average Bonchev–Trinajstić information content (AvgIpc) is 3.04. The minimum Gasteiger partial charge on any atom is -0.380 e. The molecule has 1 aromatic carbocycles. The first-order chi connectivity index (χ1) is 15.7. The fourth-order valence-corrected chi connectivity index (χ4v) is 4.73. The molecule has 0 radical (unpaired) electrons. The predicted molar refractivity (Wildman–Crippen MR) is 124 cm³/mol. The third kappa shape index (κ3) is 6.47. The van der Waals surface area contributed by atoms with Crippen molar-refractivity contribution in [2.75, 3.05) is 25.5 Å². The molecule has 0 spiro atoms. The lowest BCUT2D eigenvalue weighted by atomic mass is 9.83. The van der Waals surface area contributed by atoms with Gasteiger partial charge in [-0.1, -0.05) is 38.1 Å². The highest BCUT2D eigenvalue weighted by atomic mass is 19.4. The molecule has 1 amide bonds. The third-order valence-corrected chi connectivity index (χ3v) is 6.64. The largest absolute Gasteiger partial charge is 0.380 e. The molecule has 1 atom stereocenters. The fraction of sp³-hybridized carbons (Fsp3) is 0.520. The van der Waals surface area contributed by atoms with Crippen LogP contribution in [0.2, 0.25) is 0 Å². The van der Waals surface area contributed by atoms with Crippen molar-refractivity contribution >= 4 is 11.6 Å². The van der Waals surface area contributed by atoms with Gasteiger partial charge in [-0.15, -0.1) is 0 Å². The van der Waals surface area contributed by atoms with Gasteiger partial charge in [0.05, 0.1) is 24.1 Å². The maximum atomic E-state index is 12.6. The van der Waals surface area contributed by atoms with Crippen molar-refractivity contribution < 1.29 is 18.0 Å². The molecule has 1 saturated heterocycles. The Morgan fingerprint density at radius 2 is 1.85 bits per heavy atom. The number of benzene rings is 1. The van der Waals surface area contributed by atoms with E-state index < -0.39 is 6.68 Å². The molecule has 1 fully saturated rings. The zero-order valence-electron chi connectivity index (χ0n) is 19.5. The first-order valence-electron chi connectivity index (χ1n) is 11.4. The second kappa shape index (κ2) is 11.0. The lowest BCUT2D eigenvalue weighted by Crippen LogP contribution is -2.39. The molecule has 2 N–H and O–H groups in total. The van der Waals surface area contributed by atoms with Crippen LogP contribution in [0.3, 0.4) is 0 Å². The molecule has 2 aliphatic rings. The molecule has 8 heteroatoms. The van der Waals surface area contributed by atoms with E-state index in [1.165, 1.54) is 11.1 Å². The SMILES string of the molecule is CN(Cc1ccc(NC2Cc3ccccc3C2(C)C)cn1)C(=O)C1CCNCC1.FC(F)F. The van der Waals surface area contributed by atoms with Gasteiger partial charge in [0, 0.05) is 24.4 Å². The summed E-state index contributed by atoms with van der Waals surface area (Å²) in [5.74, 6) is 0.384. The van der Waals surface area contributed by atoms with Crippen LogP contribution in [0.4, 0.5) is 18.9 Å². The van der Waals surface area contributed by atoms with Gasteiger partial charge in [-0.3, -0.25) is 9.78 Å². The molecule has 180 valence electrons. The van der Waals surface area contributed by atoms with Gasteiger partial charge in [0.1, 0.15) is 0 Å². The van der Waals surface area contributed by atoms with Gasteiger partial charge < -0.3 is 15.5 Å². The number of aromatic nitrogens is 1. The van der Waals surface area contributed by atoms with Gasteiger partial charge in [0.15, 0.2) is 0 Å². The minimum absolute atomic E-state index is 0.0801. The van der Waals surface area contributed by atoms with Gasteiger partial charge in [0.2, 0.25) is 5.91 Å². The number of alkyl halides is 3. The molecule has 5 nitrogen and oxygen atoms in total. The standard InChI is InChI=1S/C24H32N4O.CHF3/c1-24(2)21-7-5-4-6-18(21)14-22(24)27-19-8-9-20(26-15-19)16-28(3)23(29)17-10-12-25-13-11-17;2-1(3)4/h4-9,15,17,22,25,27H,10-14,16H2,1-3H3;1H. The topological polar surface area (TPSA) is 57.3 Å². The van der Waals surface area contributed by atoms with Crippen LogP contribution in [0.1, 0.15) is 43.5 Å². The molecule has 0 bridgehead atoms. The number of carbonyl (C=O) groups is 1. The van der Waals surface area contributed by atoms with Gasteiger partial charge in [-0.05, 0) is 55.6 Å². The number of pyridine rings is 1. The van der Waals surface area contributed by atoms with Crippen LogP contribution in [0.25, 0.3) is 0 Å². The Morgan fingerprint density at radius 3 is 2.45 bits per heavy atom. The third-order valence-electron chi connectivity index (χ3n) is 6.64. The Balaban J connectivity index is 0.000000709. The minimum atomic E-state index is -3.67. The van der Waals surface area contributed by atoms with Gasteiger partial charge in [-0.25, -0.2) is 0 Å². The molecule has 33 heavy (non-hydrogen) atoms. The number of halogens is 3. The van der Waals surface area contributed by atoms with E-state index in [0.717, 1.165) is 43.7 Å². The van der Waals surface area contributed by atoms with Crippen LogP contribution in [0, 0.1) is 5.92 Å². The van der Waals surface area contributed by atoms with Crippen molar-refractivity contribution in [3.63, 3.8) is 0 Å². The summed E-state index contributed by atoms with van der Waals surface area (Å²) in [4.78, 5) is 19.1. The van der Waals surface area contributed by atoms with E-state index in [2.05, 4.69) is 59.8 Å². The number of rotatable bonds is 5. The van der Waals surface area contributed by atoms with Gasteiger partial charge >= 0.3 is 6.68 Å². The van der Waals surface area contributed by atoms with Crippen molar-refractivity contribution in [3.8, 4) is 0 Å². The number of piperidine rings is 1. The summed E-state index contributed by atoms with van der Waals surface area (Å²) < 4.78 is 29.0. The van der Waals surface area contributed by atoms with Crippen molar-refractivity contribution in [2.45, 2.75) is 57.8 Å². The number of nitrogens with zero attached hydrogens (tertiary/aromatic N) is 2. The summed E-state index contributed by atoms with van der Waals surface area (Å²) in [6.07, 6.45) is 4.79. The lowest BCUT2D eigenvalue weighted by molar-refractivity contribution is -0.135. The van der Waals surface area contributed by atoms with E-state index in [9.17, 15) is 18.0 Å². The summed E-state index contributed by atoms with van der Waals surface area (Å²) >= 11 is 0. The summed E-state index contributed by atoms with van der Waals surface area (Å²) in [5, 5.41) is 7.00. The van der Waals surface area contributed by atoms with Crippen molar-refractivity contribution in [1.82, 2.24) is 15.2 Å². The van der Waals surface area contributed by atoms with E-state index in [1.807, 2.05) is 24.2 Å². The first-order valence-corrected chi connectivity index (χ1v) is 11.4. The number of hydrogen-bond donors (Lipinski definition) is 2. The molecule has 1 aliphatic carbocycles. The summed E-state index contributed by atoms with van der Waals surface area (Å²) in [6.45, 7) is 3.37. The first kappa shape index (κ1) is 25.0. The zero-order valence-corrected chi connectivity index (χ0v) is 19.5. The average molecular weight is 463 g/mol. The second-order valence-electron chi connectivity index (χ2n) is 9.28. The van der Waals surface area contributed by atoms with E-state index in [0.29, 0.717) is 12.6 Å². The molecule has 1 aliphatic heterocycles. The monoisotopic (exact) mass is 462 g/mol. The summed E-state index contributed by atoms with van der Waals surface area (Å²) in [7, 11) is 1.89. The van der Waals surface area contributed by atoms with Gasteiger partial charge in [0.25, 0.3) is 0 Å². The Kier molecular flexibility index (Phi) is 8.35. The molecule has 1 aromatic heterocycles. The smallest absolute Gasteiger partial charge is 0.379 e. The maximum Gasteiger partial charge on any atom is 0.379 e. The number of nitrogens with one attached hydrogen (secondary N) is 2. The molecule has 2 heterocycles. The van der Waals surface area contributed by atoms with Crippen LogP contribution in [-0.2, 0) is 23.2 Å². The van der Waals surface area contributed by atoms with E-state index in [4.69, 9.17) is 0 Å². The van der Waals surface area contributed by atoms with E-state index >= 15 is 0 Å². The van der Waals surface area contributed by atoms with Crippen LogP contribution in [0.5, 0.6) is 0 Å². The van der Waals surface area contributed by atoms with E-state index in [-0.39, 0.29) is 17.2 Å². The number of fused-ring (bicyclic) bond motifs is 1. The molecule has 1 unspecified atom stereocenters. The zero-order chi connectivity index (χ0) is 24.0. The Hall–Kier alpha value is -2.61. The highest BCUT2D eigenvalue weighted by molar-refractivity contribution is 5.78. The molecular formula is C25H33F3N4O. The summed E-state index contributed by atoms with van der Waals surface area (Å²) in [5.41, 5.74) is 4.90. The Bertz CT molecular complexity index is 911. The number of amides is 1. The quantitative estimate of drug-likeness (QED) is 0.686. The van der Waals surface area contributed by atoms with Crippen LogP contribution in [-0.4, -0.2) is 48.6 Å². The van der Waals surface area contributed by atoms with E-state index in [1.54, 1.807) is 0 Å². The molecule has 4 rings (SSSR count). The second-order valence-corrected chi connectivity index (χ2v) is 9.28. The van der Waals surface area contributed by atoms with Gasteiger partial charge in [-0.2, -0.15) is 13.2 Å². The highest BCUT2D eigenvalue weighted by Crippen LogP contribution is 2.39. The number of hydrogen-bond acceptors (Lipinski definition) is 4. The maximum absolute atomic E-state index is 12.6. The molecule has 0 saturated carbocycles. The Labute approximate surface area is 193 Å². The van der Waals surface area contributed by atoms with Crippen molar-refractivity contribution in [3.05, 3.63) is 59.4 Å². The molecule has 2 aromatic rings. The number of carbonyl (C=O) groups excluding carboxylic acids is 1. The normalized spacial score (nSPS) is 19.4. The number of anilines is 1. The Morgan fingerprint density at radius 1 is 1.18 bits per heavy atom. The van der Waals surface area contributed by atoms with Crippen LogP contribution >= 0.6 is 0 Å². The fourth-order valence-electron chi connectivity index (χ4n) is 4.73. The molecular weight excluding hydrogens is 429 g/mol.